The SMILES string of the molecule is Cc1cc(S(=O)(=O)N2CCCC2)ccc1OCC(=O)NCc1ccccc1Cl. The van der Waals surface area contributed by atoms with E-state index in [1.165, 1.54) is 10.4 Å². The molecule has 1 aliphatic heterocycles. The second kappa shape index (κ2) is 8.94. The summed E-state index contributed by atoms with van der Waals surface area (Å²) in [5.74, 6) is 0.196. The molecule has 1 saturated heterocycles. The lowest BCUT2D eigenvalue weighted by atomic mass is 10.2. The van der Waals surface area contributed by atoms with Gasteiger partial charge >= 0.3 is 0 Å². The topological polar surface area (TPSA) is 75.7 Å². The van der Waals surface area contributed by atoms with Crippen LogP contribution in [0, 0.1) is 6.92 Å². The number of hydrogen-bond donors (Lipinski definition) is 1. The van der Waals surface area contributed by atoms with Crippen molar-refractivity contribution in [2.45, 2.75) is 31.2 Å². The van der Waals surface area contributed by atoms with Crippen LogP contribution in [0.1, 0.15) is 24.0 Å². The maximum atomic E-state index is 12.6. The molecule has 0 unspecified atom stereocenters. The Kier molecular flexibility index (Phi) is 6.59. The van der Waals surface area contributed by atoms with Crippen molar-refractivity contribution in [2.24, 2.45) is 0 Å². The normalized spacial score (nSPS) is 14.8. The van der Waals surface area contributed by atoms with Crippen LogP contribution in [0.3, 0.4) is 0 Å². The van der Waals surface area contributed by atoms with Crippen molar-refractivity contribution in [2.75, 3.05) is 19.7 Å². The van der Waals surface area contributed by atoms with Crippen molar-refractivity contribution < 1.29 is 17.9 Å². The summed E-state index contributed by atoms with van der Waals surface area (Å²) >= 11 is 6.07. The van der Waals surface area contributed by atoms with Gasteiger partial charge in [0.2, 0.25) is 10.0 Å². The average molecular weight is 423 g/mol. The molecule has 0 aromatic heterocycles. The molecule has 3 rings (SSSR count). The zero-order valence-electron chi connectivity index (χ0n) is 15.7. The van der Waals surface area contributed by atoms with Crippen molar-refractivity contribution in [3.05, 3.63) is 58.6 Å². The summed E-state index contributed by atoms with van der Waals surface area (Å²) in [6.07, 6.45) is 1.78. The largest absolute Gasteiger partial charge is 0.484 e. The van der Waals surface area contributed by atoms with Gasteiger partial charge in [-0.05, 0) is 55.2 Å². The number of rotatable bonds is 7. The van der Waals surface area contributed by atoms with Crippen molar-refractivity contribution in [3.8, 4) is 5.75 Å². The van der Waals surface area contributed by atoms with Crippen LogP contribution < -0.4 is 10.1 Å². The molecule has 0 spiro atoms. The fraction of sp³-hybridized carbons (Fsp3) is 0.350. The first-order valence-electron chi connectivity index (χ1n) is 9.11. The number of amides is 1. The highest BCUT2D eigenvalue weighted by Crippen LogP contribution is 2.26. The second-order valence-electron chi connectivity index (χ2n) is 6.70. The van der Waals surface area contributed by atoms with Gasteiger partial charge in [-0.15, -0.1) is 0 Å². The van der Waals surface area contributed by atoms with E-state index in [1.54, 1.807) is 25.1 Å². The Balaban J connectivity index is 1.57. The van der Waals surface area contributed by atoms with Gasteiger partial charge in [0, 0.05) is 24.7 Å². The number of nitrogens with zero attached hydrogens (tertiary/aromatic N) is 1. The number of carbonyl (C=O) groups excluding carboxylic acids is 1. The number of hydrogen-bond acceptors (Lipinski definition) is 4. The van der Waals surface area contributed by atoms with Gasteiger partial charge in [0.05, 0.1) is 4.90 Å². The number of aryl methyl sites for hydroxylation is 1. The summed E-state index contributed by atoms with van der Waals surface area (Å²) < 4.78 is 32.3. The van der Waals surface area contributed by atoms with E-state index in [0.29, 0.717) is 36.0 Å². The van der Waals surface area contributed by atoms with E-state index in [2.05, 4.69) is 5.32 Å². The van der Waals surface area contributed by atoms with Crippen LogP contribution in [0.4, 0.5) is 0 Å². The summed E-state index contributed by atoms with van der Waals surface area (Å²) in [4.78, 5) is 12.3. The Morgan fingerprint density at radius 2 is 1.89 bits per heavy atom. The number of carbonyl (C=O) groups is 1. The molecule has 2 aromatic rings. The minimum atomic E-state index is -3.47. The van der Waals surface area contributed by atoms with Crippen LogP contribution in [-0.4, -0.2) is 38.3 Å². The molecule has 2 aromatic carbocycles. The van der Waals surface area contributed by atoms with Crippen LogP contribution in [0.15, 0.2) is 47.4 Å². The molecule has 28 heavy (non-hydrogen) atoms. The summed E-state index contributed by atoms with van der Waals surface area (Å²) in [7, 11) is -3.47. The quantitative estimate of drug-likeness (QED) is 0.743. The van der Waals surface area contributed by atoms with Crippen molar-refractivity contribution >= 4 is 27.5 Å². The first kappa shape index (κ1) is 20.6. The molecular formula is C20H23ClN2O4S. The molecule has 1 aliphatic rings. The Morgan fingerprint density at radius 3 is 2.57 bits per heavy atom. The monoisotopic (exact) mass is 422 g/mol. The third kappa shape index (κ3) is 4.84. The van der Waals surface area contributed by atoms with Gasteiger partial charge in [-0.2, -0.15) is 4.31 Å². The molecule has 1 amide bonds. The maximum absolute atomic E-state index is 12.6. The minimum Gasteiger partial charge on any atom is -0.484 e. The number of ether oxygens (including phenoxy) is 1. The predicted octanol–water partition coefficient (Wildman–Crippen LogP) is 3.13. The van der Waals surface area contributed by atoms with Gasteiger partial charge in [0.15, 0.2) is 6.61 Å². The Morgan fingerprint density at radius 1 is 1.18 bits per heavy atom. The van der Waals surface area contributed by atoms with Crippen molar-refractivity contribution in [3.63, 3.8) is 0 Å². The zero-order valence-corrected chi connectivity index (χ0v) is 17.2. The van der Waals surface area contributed by atoms with Crippen LogP contribution in [0.5, 0.6) is 5.75 Å². The van der Waals surface area contributed by atoms with Crippen LogP contribution >= 0.6 is 11.6 Å². The molecule has 1 heterocycles. The Hall–Kier alpha value is -2.09. The smallest absolute Gasteiger partial charge is 0.258 e. The third-order valence-electron chi connectivity index (χ3n) is 4.64. The van der Waals surface area contributed by atoms with Gasteiger partial charge in [-0.25, -0.2) is 8.42 Å². The highest BCUT2D eigenvalue weighted by molar-refractivity contribution is 7.89. The van der Waals surface area contributed by atoms with Crippen LogP contribution in [0.25, 0.3) is 0 Å². The standard InChI is InChI=1S/C20H23ClN2O4S/c1-15-12-17(28(25,26)23-10-4-5-11-23)8-9-19(15)27-14-20(24)22-13-16-6-2-3-7-18(16)21/h2-3,6-9,12H,4-5,10-11,13-14H2,1H3,(H,22,24). The van der Waals surface area contributed by atoms with E-state index in [9.17, 15) is 13.2 Å². The molecule has 150 valence electrons. The third-order valence-corrected chi connectivity index (χ3v) is 6.91. The summed E-state index contributed by atoms with van der Waals surface area (Å²) in [5.41, 5.74) is 1.49. The molecule has 1 N–H and O–H groups in total. The number of halogens is 1. The van der Waals surface area contributed by atoms with E-state index < -0.39 is 10.0 Å². The van der Waals surface area contributed by atoms with Gasteiger partial charge in [-0.3, -0.25) is 4.79 Å². The van der Waals surface area contributed by atoms with E-state index >= 15 is 0 Å². The zero-order chi connectivity index (χ0) is 20.1. The Labute approximate surface area is 170 Å². The molecule has 8 heteroatoms. The molecule has 0 saturated carbocycles. The molecule has 0 aliphatic carbocycles. The molecule has 0 atom stereocenters. The summed E-state index contributed by atoms with van der Waals surface area (Å²) in [6, 6.07) is 12.0. The predicted molar refractivity (Wildman–Crippen MR) is 108 cm³/mol. The van der Waals surface area contributed by atoms with Gasteiger partial charge in [0.1, 0.15) is 5.75 Å². The fourth-order valence-electron chi connectivity index (χ4n) is 3.05. The average Bonchev–Trinajstić information content (AvgIpc) is 3.22. The van der Waals surface area contributed by atoms with Gasteiger partial charge < -0.3 is 10.1 Å². The van der Waals surface area contributed by atoms with E-state index in [-0.39, 0.29) is 17.4 Å². The molecule has 0 radical (unpaired) electrons. The first-order chi connectivity index (χ1) is 13.4. The first-order valence-corrected chi connectivity index (χ1v) is 10.9. The summed E-state index contributed by atoms with van der Waals surface area (Å²) in [5, 5.41) is 3.34. The van der Waals surface area contributed by atoms with Crippen LogP contribution in [0.2, 0.25) is 5.02 Å². The summed E-state index contributed by atoms with van der Waals surface area (Å²) in [6.45, 7) is 3.04. The van der Waals surface area contributed by atoms with Crippen molar-refractivity contribution in [1.82, 2.24) is 9.62 Å². The van der Waals surface area contributed by atoms with Gasteiger partial charge in [-0.1, -0.05) is 29.8 Å². The van der Waals surface area contributed by atoms with E-state index in [4.69, 9.17) is 16.3 Å². The molecular weight excluding hydrogens is 400 g/mol. The van der Waals surface area contributed by atoms with E-state index in [1.807, 2.05) is 18.2 Å². The number of nitrogens with one attached hydrogen (secondary N) is 1. The van der Waals surface area contributed by atoms with Crippen LogP contribution in [-0.2, 0) is 21.4 Å². The molecule has 0 bridgehead atoms. The van der Waals surface area contributed by atoms with Crippen molar-refractivity contribution in [1.29, 1.82) is 0 Å². The Bertz CT molecular complexity index is 956. The second-order valence-corrected chi connectivity index (χ2v) is 9.04. The molecule has 1 fully saturated rings. The lowest BCUT2D eigenvalue weighted by molar-refractivity contribution is -0.123. The van der Waals surface area contributed by atoms with E-state index in [0.717, 1.165) is 18.4 Å². The minimum absolute atomic E-state index is 0.163. The lowest BCUT2D eigenvalue weighted by Crippen LogP contribution is -2.29. The fourth-order valence-corrected chi connectivity index (χ4v) is 4.86. The maximum Gasteiger partial charge on any atom is 0.258 e. The number of benzene rings is 2. The molecule has 6 nitrogen and oxygen atoms in total. The number of sulfonamides is 1. The lowest BCUT2D eigenvalue weighted by Gasteiger charge is -2.17. The van der Waals surface area contributed by atoms with Gasteiger partial charge in [0.25, 0.3) is 5.91 Å². The highest BCUT2D eigenvalue weighted by Gasteiger charge is 2.27. The highest BCUT2D eigenvalue weighted by atomic mass is 35.5.